The monoisotopic (exact) mass is 455 g/mol. The van der Waals surface area contributed by atoms with Gasteiger partial charge in [-0.3, -0.25) is 24.2 Å². The molecule has 1 aromatic carbocycles. The van der Waals surface area contributed by atoms with Gasteiger partial charge < -0.3 is 4.74 Å². The molecule has 3 amide bonds. The number of benzene rings is 1. The van der Waals surface area contributed by atoms with Crippen LogP contribution < -0.4 is 4.90 Å². The van der Waals surface area contributed by atoms with Crippen LogP contribution in [0.1, 0.15) is 45.2 Å². The minimum absolute atomic E-state index is 0.108. The largest absolute Gasteiger partial charge is 0.458 e. The Hall–Kier alpha value is -3.07. The third kappa shape index (κ3) is 4.17. The molecular formula is C23H25N3O5S. The summed E-state index contributed by atoms with van der Waals surface area (Å²) in [6.07, 6.45) is 3.25. The topological polar surface area (TPSA) is 96.9 Å². The van der Waals surface area contributed by atoms with Crippen molar-refractivity contribution in [2.24, 2.45) is 11.8 Å². The van der Waals surface area contributed by atoms with E-state index in [0.29, 0.717) is 29.4 Å². The Bertz CT molecular complexity index is 1010. The molecule has 8 nitrogen and oxygen atoms in total. The molecule has 2 heterocycles. The van der Waals surface area contributed by atoms with Crippen molar-refractivity contribution in [1.29, 1.82) is 0 Å². The van der Waals surface area contributed by atoms with Gasteiger partial charge in [-0.2, -0.15) is 0 Å². The third-order valence-electron chi connectivity index (χ3n) is 6.03. The first-order valence-electron chi connectivity index (χ1n) is 10.7. The molecule has 168 valence electrons. The van der Waals surface area contributed by atoms with Crippen LogP contribution in [0.15, 0.2) is 35.7 Å². The van der Waals surface area contributed by atoms with Gasteiger partial charge in [-0.25, -0.2) is 9.78 Å². The number of anilines is 2. The maximum absolute atomic E-state index is 12.7. The maximum atomic E-state index is 12.7. The summed E-state index contributed by atoms with van der Waals surface area (Å²) in [5.74, 6) is -1.96. The fourth-order valence-electron chi connectivity index (χ4n) is 4.41. The Morgan fingerprint density at radius 1 is 1.16 bits per heavy atom. The van der Waals surface area contributed by atoms with Crippen LogP contribution in [0.4, 0.5) is 10.8 Å². The molecular weight excluding hydrogens is 430 g/mol. The lowest BCUT2D eigenvalue weighted by Gasteiger charge is -2.21. The molecule has 2 fully saturated rings. The van der Waals surface area contributed by atoms with E-state index in [1.807, 2.05) is 30.3 Å². The molecule has 0 spiro atoms. The standard InChI is InChI=1S/C23H25N3O5S/c1-14(25-20(28)18-10-6-7-11-19(18)21(25)29)22(30)31-12-16-13-32-23(24-16)26(15(2)27)17-8-4-3-5-9-17/h3-5,8-9,13-14,18-19H,6-7,10-12H2,1-2H3/t14-,18-,19+/m1/s1. The Morgan fingerprint density at radius 2 is 1.78 bits per heavy atom. The van der Waals surface area contributed by atoms with Crippen LogP contribution in [-0.4, -0.2) is 39.6 Å². The lowest BCUT2D eigenvalue weighted by molar-refractivity contribution is -0.159. The molecule has 32 heavy (non-hydrogen) atoms. The normalized spacial score (nSPS) is 21.2. The van der Waals surface area contributed by atoms with Gasteiger partial charge in [0.15, 0.2) is 5.13 Å². The first kappa shape index (κ1) is 22.1. The molecule has 0 radical (unpaired) electrons. The number of nitrogens with zero attached hydrogens (tertiary/aromatic N) is 3. The second-order valence-corrected chi connectivity index (χ2v) is 8.98. The number of carbonyl (C=O) groups excluding carboxylic acids is 4. The molecule has 1 aliphatic carbocycles. The highest BCUT2D eigenvalue weighted by atomic mass is 32.1. The zero-order chi connectivity index (χ0) is 22.8. The van der Waals surface area contributed by atoms with Gasteiger partial charge in [-0.1, -0.05) is 31.0 Å². The van der Waals surface area contributed by atoms with Crippen LogP contribution in [0.2, 0.25) is 0 Å². The van der Waals surface area contributed by atoms with Crippen LogP contribution in [0.5, 0.6) is 0 Å². The number of fused-ring (bicyclic) bond motifs is 1. The lowest BCUT2D eigenvalue weighted by atomic mass is 9.81. The number of amides is 3. The molecule has 1 aliphatic heterocycles. The molecule has 1 aromatic heterocycles. The summed E-state index contributed by atoms with van der Waals surface area (Å²) in [5, 5.41) is 2.18. The number of carbonyl (C=O) groups is 4. The van der Waals surface area contributed by atoms with Crippen molar-refractivity contribution in [1.82, 2.24) is 9.88 Å². The summed E-state index contributed by atoms with van der Waals surface area (Å²) < 4.78 is 5.37. The van der Waals surface area contributed by atoms with Crippen molar-refractivity contribution >= 4 is 45.8 Å². The average Bonchev–Trinajstić information content (AvgIpc) is 3.35. The minimum atomic E-state index is -0.975. The van der Waals surface area contributed by atoms with Gasteiger partial charge >= 0.3 is 5.97 Å². The average molecular weight is 456 g/mol. The molecule has 2 aliphatic rings. The number of thiazole rings is 1. The molecule has 0 N–H and O–H groups in total. The van der Waals surface area contributed by atoms with Crippen LogP contribution in [-0.2, 0) is 30.5 Å². The van der Waals surface area contributed by atoms with Crippen LogP contribution in [0.3, 0.4) is 0 Å². The van der Waals surface area contributed by atoms with Crippen molar-refractivity contribution in [2.45, 2.75) is 52.2 Å². The number of aromatic nitrogens is 1. The van der Waals surface area contributed by atoms with Crippen LogP contribution in [0.25, 0.3) is 0 Å². The Balaban J connectivity index is 1.40. The summed E-state index contributed by atoms with van der Waals surface area (Å²) in [6.45, 7) is 2.87. The molecule has 9 heteroatoms. The summed E-state index contributed by atoms with van der Waals surface area (Å²) in [4.78, 5) is 57.2. The van der Waals surface area contributed by atoms with Crippen molar-refractivity contribution < 1.29 is 23.9 Å². The van der Waals surface area contributed by atoms with Crippen molar-refractivity contribution in [3.05, 3.63) is 41.4 Å². The van der Waals surface area contributed by atoms with Gasteiger partial charge in [0.2, 0.25) is 17.7 Å². The fourth-order valence-corrected chi connectivity index (χ4v) is 5.28. The van der Waals surface area contributed by atoms with E-state index < -0.39 is 12.0 Å². The Kier molecular flexibility index (Phi) is 6.36. The first-order valence-corrected chi connectivity index (χ1v) is 11.6. The van der Waals surface area contributed by atoms with Gasteiger partial charge in [-0.05, 0) is 31.9 Å². The molecule has 1 saturated carbocycles. The first-order chi connectivity index (χ1) is 15.4. The number of hydrogen-bond donors (Lipinski definition) is 0. The van der Waals surface area contributed by atoms with E-state index in [4.69, 9.17) is 4.74 Å². The van der Waals surface area contributed by atoms with E-state index in [1.54, 1.807) is 5.38 Å². The number of esters is 1. The molecule has 4 rings (SSSR count). The second kappa shape index (κ2) is 9.20. The number of imide groups is 1. The van der Waals surface area contributed by atoms with Gasteiger partial charge in [0.25, 0.3) is 0 Å². The smallest absolute Gasteiger partial charge is 0.329 e. The highest BCUT2D eigenvalue weighted by Gasteiger charge is 2.51. The second-order valence-electron chi connectivity index (χ2n) is 8.14. The molecule has 2 aromatic rings. The lowest BCUT2D eigenvalue weighted by Crippen LogP contribution is -2.44. The van der Waals surface area contributed by atoms with E-state index in [2.05, 4.69) is 4.98 Å². The fraction of sp³-hybridized carbons (Fsp3) is 0.435. The highest BCUT2D eigenvalue weighted by Crippen LogP contribution is 2.39. The predicted molar refractivity (Wildman–Crippen MR) is 118 cm³/mol. The Labute approximate surface area is 190 Å². The molecule has 0 unspecified atom stereocenters. The van der Waals surface area contributed by atoms with E-state index in [-0.39, 0.29) is 36.2 Å². The zero-order valence-electron chi connectivity index (χ0n) is 18.0. The number of para-hydroxylation sites is 1. The molecule has 0 bridgehead atoms. The van der Waals surface area contributed by atoms with E-state index in [1.165, 1.54) is 30.1 Å². The Morgan fingerprint density at radius 3 is 2.38 bits per heavy atom. The number of hydrogen-bond acceptors (Lipinski definition) is 7. The number of rotatable bonds is 6. The number of ether oxygens (including phenoxy) is 1. The van der Waals surface area contributed by atoms with Crippen molar-refractivity contribution in [2.75, 3.05) is 4.90 Å². The van der Waals surface area contributed by atoms with Gasteiger partial charge in [0.1, 0.15) is 12.6 Å². The number of likely N-dealkylation sites (tertiary alicyclic amines) is 1. The van der Waals surface area contributed by atoms with Gasteiger partial charge in [-0.15, -0.1) is 11.3 Å². The third-order valence-corrected chi connectivity index (χ3v) is 6.90. The molecule has 1 saturated heterocycles. The SMILES string of the molecule is CC(=O)N(c1ccccc1)c1nc(COC(=O)[C@@H](C)N2C(=O)[C@H]3CCCC[C@H]3C2=O)cs1. The van der Waals surface area contributed by atoms with E-state index in [0.717, 1.165) is 17.7 Å². The van der Waals surface area contributed by atoms with E-state index in [9.17, 15) is 19.2 Å². The highest BCUT2D eigenvalue weighted by molar-refractivity contribution is 7.14. The molecule has 3 atom stereocenters. The summed E-state index contributed by atoms with van der Waals surface area (Å²) in [7, 11) is 0. The minimum Gasteiger partial charge on any atom is -0.458 e. The van der Waals surface area contributed by atoms with Crippen molar-refractivity contribution in [3.63, 3.8) is 0 Å². The zero-order valence-corrected chi connectivity index (χ0v) is 18.8. The summed E-state index contributed by atoms with van der Waals surface area (Å²) >= 11 is 1.26. The maximum Gasteiger partial charge on any atom is 0.329 e. The van der Waals surface area contributed by atoms with E-state index >= 15 is 0 Å². The van der Waals surface area contributed by atoms with Gasteiger partial charge in [0, 0.05) is 12.3 Å². The summed E-state index contributed by atoms with van der Waals surface area (Å²) in [6, 6.07) is 8.18. The van der Waals surface area contributed by atoms with Gasteiger partial charge in [0.05, 0.1) is 23.2 Å². The van der Waals surface area contributed by atoms with Crippen LogP contribution in [0, 0.1) is 11.8 Å². The summed E-state index contributed by atoms with van der Waals surface area (Å²) in [5.41, 5.74) is 1.18. The van der Waals surface area contributed by atoms with Crippen molar-refractivity contribution in [3.8, 4) is 0 Å². The predicted octanol–water partition coefficient (Wildman–Crippen LogP) is 3.43. The quantitative estimate of drug-likeness (QED) is 0.489. The van der Waals surface area contributed by atoms with Crippen LogP contribution >= 0.6 is 11.3 Å².